The lowest BCUT2D eigenvalue weighted by Crippen LogP contribution is -2.40. The van der Waals surface area contributed by atoms with Crippen molar-refractivity contribution in [2.75, 3.05) is 4.90 Å². The third-order valence-electron chi connectivity index (χ3n) is 5.76. The largest absolute Gasteiger partial charge is 0.274 e. The third kappa shape index (κ3) is 1.29. The van der Waals surface area contributed by atoms with Gasteiger partial charge in [-0.05, 0) is 42.2 Å². The molecule has 0 spiro atoms. The first kappa shape index (κ1) is 11.7. The number of para-hydroxylation sites is 1. The number of carbonyl (C=O) groups excluding carboxylic acids is 2. The summed E-state index contributed by atoms with van der Waals surface area (Å²) in [4.78, 5) is 26.6. The van der Waals surface area contributed by atoms with E-state index in [1.54, 1.807) is 12.1 Å². The smallest absolute Gasteiger partial charge is 0.238 e. The number of carbonyl (C=O) groups is 2. The Kier molecular flexibility index (Phi) is 2.01. The van der Waals surface area contributed by atoms with Crippen molar-refractivity contribution in [3.8, 4) is 0 Å². The molecule has 0 N–H and O–H groups in total. The lowest BCUT2D eigenvalue weighted by atomic mass is 9.63. The van der Waals surface area contributed by atoms with Gasteiger partial charge in [0.25, 0.3) is 0 Å². The molecule has 4 aliphatic carbocycles. The van der Waals surface area contributed by atoms with Gasteiger partial charge in [-0.2, -0.15) is 0 Å². The molecule has 0 unspecified atom stereocenters. The Morgan fingerprint density at radius 1 is 0.952 bits per heavy atom. The number of allylic oxidation sites excluding steroid dienone is 2. The van der Waals surface area contributed by atoms with Crippen LogP contribution in [0.1, 0.15) is 6.42 Å². The first-order chi connectivity index (χ1) is 10.2. The molecule has 6 rings (SSSR count). The molecule has 1 saturated heterocycles. The van der Waals surface area contributed by atoms with Gasteiger partial charge < -0.3 is 0 Å². The van der Waals surface area contributed by atoms with E-state index < -0.39 is 5.82 Å². The number of amides is 2. The summed E-state index contributed by atoms with van der Waals surface area (Å²) >= 11 is 0. The number of hydrogen-bond donors (Lipinski definition) is 0. The number of imide groups is 1. The quantitative estimate of drug-likeness (QED) is 0.586. The molecule has 6 atom stereocenters. The second-order valence-electron chi connectivity index (χ2n) is 6.62. The van der Waals surface area contributed by atoms with Crippen LogP contribution in [0.25, 0.3) is 0 Å². The fraction of sp³-hybridized carbons (Fsp3) is 0.412. The van der Waals surface area contributed by atoms with Gasteiger partial charge in [-0.3, -0.25) is 9.59 Å². The Bertz CT molecular complexity index is 676. The summed E-state index contributed by atoms with van der Waals surface area (Å²) in [7, 11) is 0. The predicted molar refractivity (Wildman–Crippen MR) is 73.6 cm³/mol. The van der Waals surface area contributed by atoms with E-state index in [0.717, 1.165) is 11.3 Å². The first-order valence-electron chi connectivity index (χ1n) is 7.49. The summed E-state index contributed by atoms with van der Waals surface area (Å²) in [6.07, 6.45) is 5.38. The maximum absolute atomic E-state index is 14.0. The van der Waals surface area contributed by atoms with Crippen LogP contribution in [-0.4, -0.2) is 11.8 Å². The van der Waals surface area contributed by atoms with Crippen molar-refractivity contribution in [1.29, 1.82) is 0 Å². The zero-order valence-corrected chi connectivity index (χ0v) is 11.3. The molecule has 2 bridgehead atoms. The van der Waals surface area contributed by atoms with Gasteiger partial charge in [0.05, 0.1) is 17.5 Å². The van der Waals surface area contributed by atoms with Gasteiger partial charge in [0.1, 0.15) is 5.82 Å². The highest BCUT2D eigenvalue weighted by atomic mass is 19.1. The molecule has 0 aromatic heterocycles. The van der Waals surface area contributed by atoms with Gasteiger partial charge >= 0.3 is 0 Å². The Morgan fingerprint density at radius 3 is 2.10 bits per heavy atom. The van der Waals surface area contributed by atoms with Gasteiger partial charge in [-0.15, -0.1) is 0 Å². The van der Waals surface area contributed by atoms with Crippen LogP contribution in [0.4, 0.5) is 10.1 Å². The zero-order valence-electron chi connectivity index (χ0n) is 11.3. The summed E-state index contributed by atoms with van der Waals surface area (Å²) < 4.78 is 14.0. The Hall–Kier alpha value is -1.97. The molecule has 4 heteroatoms. The van der Waals surface area contributed by atoms with Crippen molar-refractivity contribution in [2.24, 2.45) is 35.5 Å². The summed E-state index contributed by atoms with van der Waals surface area (Å²) in [6.45, 7) is 0. The maximum Gasteiger partial charge on any atom is 0.238 e. The highest BCUT2D eigenvalue weighted by Crippen LogP contribution is 2.65. The van der Waals surface area contributed by atoms with Gasteiger partial charge in [0, 0.05) is 0 Å². The molecule has 21 heavy (non-hydrogen) atoms. The van der Waals surface area contributed by atoms with E-state index in [2.05, 4.69) is 12.2 Å². The summed E-state index contributed by atoms with van der Waals surface area (Å²) in [6, 6.07) is 6.03. The van der Waals surface area contributed by atoms with Crippen molar-refractivity contribution in [3.05, 3.63) is 42.2 Å². The second kappa shape index (κ2) is 3.62. The molecule has 1 aliphatic heterocycles. The Morgan fingerprint density at radius 2 is 1.52 bits per heavy atom. The minimum Gasteiger partial charge on any atom is -0.274 e. The standard InChI is InChI=1S/C17H14FNO2/c18-12-3-1-2-4-13(12)19-16(20)14-8-5-6-9(11-7-10(8)11)15(14)17(19)21/h1-6,8-11,14-15H,7H2/t8-,9-,10-,11+,14-,15+/m0/s1. The van der Waals surface area contributed by atoms with Crippen LogP contribution in [0.3, 0.4) is 0 Å². The van der Waals surface area contributed by atoms with Crippen LogP contribution in [0.5, 0.6) is 0 Å². The van der Waals surface area contributed by atoms with E-state index in [1.807, 2.05) is 0 Å². The summed E-state index contributed by atoms with van der Waals surface area (Å²) in [5.41, 5.74) is 0.106. The predicted octanol–water partition coefficient (Wildman–Crippen LogP) is 2.38. The van der Waals surface area contributed by atoms with Crippen molar-refractivity contribution in [3.63, 3.8) is 0 Å². The Labute approximate surface area is 121 Å². The Balaban J connectivity index is 1.62. The van der Waals surface area contributed by atoms with E-state index in [9.17, 15) is 14.0 Å². The molecule has 1 heterocycles. The van der Waals surface area contributed by atoms with Crippen LogP contribution < -0.4 is 4.90 Å². The van der Waals surface area contributed by atoms with Crippen molar-refractivity contribution < 1.29 is 14.0 Å². The van der Waals surface area contributed by atoms with Crippen LogP contribution >= 0.6 is 0 Å². The molecular formula is C17H14FNO2. The van der Waals surface area contributed by atoms with Crippen molar-refractivity contribution in [1.82, 2.24) is 0 Å². The number of hydrogen-bond acceptors (Lipinski definition) is 2. The van der Waals surface area contributed by atoms with Gasteiger partial charge in [0.2, 0.25) is 11.8 Å². The first-order valence-corrected chi connectivity index (χ1v) is 7.49. The maximum atomic E-state index is 14.0. The van der Waals surface area contributed by atoms with Crippen LogP contribution in [0.2, 0.25) is 0 Å². The molecule has 2 saturated carbocycles. The normalized spacial score (nSPS) is 42.2. The SMILES string of the molecule is O=C1[C@@H]2[C@H]3C=C[C@@H]([C@@H]4C[C@H]34)[C@@H]2C(=O)N1c1ccccc1F. The molecule has 2 amide bonds. The fourth-order valence-electron chi connectivity index (χ4n) is 4.83. The van der Waals surface area contributed by atoms with E-state index in [4.69, 9.17) is 0 Å². The zero-order chi connectivity index (χ0) is 14.3. The van der Waals surface area contributed by atoms with E-state index in [1.165, 1.54) is 12.1 Å². The molecular weight excluding hydrogens is 269 g/mol. The number of nitrogens with zero attached hydrogens (tertiary/aromatic N) is 1. The third-order valence-corrected chi connectivity index (χ3v) is 5.76. The lowest BCUT2D eigenvalue weighted by molar-refractivity contribution is -0.124. The van der Waals surface area contributed by atoms with Crippen LogP contribution in [0.15, 0.2) is 36.4 Å². The van der Waals surface area contributed by atoms with E-state index in [0.29, 0.717) is 11.8 Å². The van der Waals surface area contributed by atoms with Gasteiger partial charge in [-0.25, -0.2) is 9.29 Å². The number of rotatable bonds is 1. The average Bonchev–Trinajstić information content (AvgIpc) is 3.26. The lowest BCUT2D eigenvalue weighted by Gasteiger charge is -2.37. The molecule has 3 fully saturated rings. The second-order valence-corrected chi connectivity index (χ2v) is 6.62. The van der Waals surface area contributed by atoms with E-state index in [-0.39, 0.29) is 41.2 Å². The van der Waals surface area contributed by atoms with Crippen molar-refractivity contribution >= 4 is 17.5 Å². The molecule has 0 radical (unpaired) electrons. The average molecular weight is 283 g/mol. The monoisotopic (exact) mass is 283 g/mol. The number of halogens is 1. The fourth-order valence-corrected chi connectivity index (χ4v) is 4.83. The van der Waals surface area contributed by atoms with Crippen LogP contribution in [-0.2, 0) is 9.59 Å². The molecule has 106 valence electrons. The molecule has 1 aromatic carbocycles. The highest BCUT2D eigenvalue weighted by molar-refractivity contribution is 6.22. The number of anilines is 1. The highest BCUT2D eigenvalue weighted by Gasteiger charge is 2.67. The molecule has 5 aliphatic rings. The van der Waals surface area contributed by atoms with Crippen molar-refractivity contribution in [2.45, 2.75) is 6.42 Å². The topological polar surface area (TPSA) is 37.4 Å². The van der Waals surface area contributed by atoms with E-state index >= 15 is 0 Å². The molecule has 1 aromatic rings. The summed E-state index contributed by atoms with van der Waals surface area (Å²) in [5, 5.41) is 0. The number of benzene rings is 1. The molecule has 3 nitrogen and oxygen atoms in total. The minimum absolute atomic E-state index is 0.106. The minimum atomic E-state index is -0.511. The van der Waals surface area contributed by atoms with Gasteiger partial charge in [-0.1, -0.05) is 24.3 Å². The van der Waals surface area contributed by atoms with Crippen LogP contribution in [0, 0.1) is 41.3 Å². The summed E-state index contributed by atoms with van der Waals surface area (Å²) in [5.74, 6) is 0.0308. The van der Waals surface area contributed by atoms with Gasteiger partial charge in [0.15, 0.2) is 0 Å².